The van der Waals surface area contributed by atoms with E-state index in [2.05, 4.69) is 42.0 Å². The number of nitrogens with one attached hydrogen (secondary N) is 1. The molecule has 1 amide bonds. The van der Waals surface area contributed by atoms with E-state index in [-0.39, 0.29) is 17.9 Å². The summed E-state index contributed by atoms with van der Waals surface area (Å²) in [5.74, 6) is 0.404. The van der Waals surface area contributed by atoms with Crippen molar-refractivity contribution >= 4 is 39.1 Å². The molecule has 0 aliphatic rings. The summed E-state index contributed by atoms with van der Waals surface area (Å²) in [6, 6.07) is 11.3. The highest BCUT2D eigenvalue weighted by Gasteiger charge is 2.15. The fourth-order valence-electron chi connectivity index (χ4n) is 2.13. The van der Waals surface area contributed by atoms with Gasteiger partial charge in [0.15, 0.2) is 6.61 Å². The summed E-state index contributed by atoms with van der Waals surface area (Å²) in [7, 11) is 0. The summed E-state index contributed by atoms with van der Waals surface area (Å²) >= 11 is 9.48. The maximum atomic E-state index is 12.1. The molecule has 3 nitrogen and oxygen atoms in total. The van der Waals surface area contributed by atoms with Crippen molar-refractivity contribution in [2.45, 2.75) is 33.1 Å². The second-order valence-electron chi connectivity index (χ2n) is 6.69. The molecule has 0 aliphatic heterocycles. The van der Waals surface area contributed by atoms with Gasteiger partial charge in [-0.3, -0.25) is 4.79 Å². The highest BCUT2D eigenvalue weighted by Crippen LogP contribution is 2.30. The Hall–Kier alpha value is -1.52. The number of carbonyl (C=O) groups excluding carboxylic acids is 1. The molecule has 1 N–H and O–H groups in total. The fraction of sp³-hybridized carbons (Fsp3) is 0.316. The topological polar surface area (TPSA) is 38.3 Å². The summed E-state index contributed by atoms with van der Waals surface area (Å²) in [4.78, 5) is 12.1. The van der Waals surface area contributed by atoms with E-state index in [0.29, 0.717) is 10.8 Å². The maximum Gasteiger partial charge on any atom is 0.262 e. The molecule has 0 heterocycles. The minimum Gasteiger partial charge on any atom is -0.484 e. The van der Waals surface area contributed by atoms with Gasteiger partial charge < -0.3 is 10.1 Å². The van der Waals surface area contributed by atoms with Gasteiger partial charge in [0.25, 0.3) is 5.91 Å². The largest absolute Gasteiger partial charge is 0.484 e. The zero-order chi connectivity index (χ0) is 17.9. The van der Waals surface area contributed by atoms with Crippen molar-refractivity contribution in [2.24, 2.45) is 0 Å². The van der Waals surface area contributed by atoms with E-state index in [1.165, 1.54) is 5.56 Å². The Morgan fingerprint density at radius 2 is 1.92 bits per heavy atom. The van der Waals surface area contributed by atoms with Gasteiger partial charge in [-0.2, -0.15) is 0 Å². The Balaban J connectivity index is 1.98. The highest BCUT2D eigenvalue weighted by atomic mass is 79.9. The lowest BCUT2D eigenvalue weighted by atomic mass is 9.87. The highest BCUT2D eigenvalue weighted by molar-refractivity contribution is 9.10. The second kappa shape index (κ2) is 7.58. The minimum absolute atomic E-state index is 0.0562. The van der Waals surface area contributed by atoms with Gasteiger partial charge in [-0.25, -0.2) is 0 Å². The molecule has 0 radical (unpaired) electrons. The van der Waals surface area contributed by atoms with Gasteiger partial charge in [-0.1, -0.05) is 38.4 Å². The van der Waals surface area contributed by atoms with Gasteiger partial charge >= 0.3 is 0 Å². The minimum atomic E-state index is -0.216. The lowest BCUT2D eigenvalue weighted by Crippen LogP contribution is -2.20. The number of halogens is 2. The molecule has 0 saturated carbocycles. The molecule has 2 aromatic carbocycles. The van der Waals surface area contributed by atoms with Crippen molar-refractivity contribution < 1.29 is 9.53 Å². The number of aryl methyl sites for hydroxylation is 1. The van der Waals surface area contributed by atoms with Gasteiger partial charge in [-0.05, 0) is 69.7 Å². The van der Waals surface area contributed by atoms with E-state index in [1.807, 2.05) is 31.2 Å². The summed E-state index contributed by atoms with van der Waals surface area (Å²) in [5, 5.41) is 3.52. The van der Waals surface area contributed by atoms with Gasteiger partial charge in [0.2, 0.25) is 0 Å². The molecule has 0 bridgehead atoms. The van der Waals surface area contributed by atoms with Gasteiger partial charge in [0.1, 0.15) is 5.75 Å². The first-order valence-corrected chi connectivity index (χ1v) is 8.83. The van der Waals surface area contributed by atoms with Gasteiger partial charge in [-0.15, -0.1) is 0 Å². The predicted octanol–water partition coefficient (Wildman–Crippen LogP) is 5.73. The Labute approximate surface area is 156 Å². The number of hydrogen-bond acceptors (Lipinski definition) is 2. The first-order chi connectivity index (χ1) is 11.2. The van der Waals surface area contributed by atoms with E-state index in [9.17, 15) is 4.79 Å². The van der Waals surface area contributed by atoms with Crippen LogP contribution in [0, 0.1) is 6.92 Å². The average Bonchev–Trinajstić information content (AvgIpc) is 2.49. The zero-order valence-electron chi connectivity index (χ0n) is 14.2. The van der Waals surface area contributed by atoms with E-state index < -0.39 is 0 Å². The number of rotatable bonds is 4. The number of benzene rings is 2. The Bertz CT molecular complexity index is 754. The van der Waals surface area contributed by atoms with Crippen LogP contribution >= 0.6 is 27.5 Å². The van der Waals surface area contributed by atoms with Gasteiger partial charge in [0.05, 0.1) is 5.69 Å². The molecular weight excluding hydrogens is 390 g/mol. The molecule has 2 rings (SSSR count). The normalized spacial score (nSPS) is 11.2. The summed E-state index contributed by atoms with van der Waals surface area (Å²) < 4.78 is 6.36. The van der Waals surface area contributed by atoms with Crippen LogP contribution in [0.2, 0.25) is 5.02 Å². The quantitative estimate of drug-likeness (QED) is 0.699. The van der Waals surface area contributed by atoms with Crippen molar-refractivity contribution in [1.29, 1.82) is 0 Å². The number of amides is 1. The van der Waals surface area contributed by atoms with Crippen LogP contribution in [0.3, 0.4) is 0 Å². The van der Waals surface area contributed by atoms with Crippen LogP contribution < -0.4 is 10.1 Å². The third kappa shape index (κ3) is 4.99. The molecule has 24 heavy (non-hydrogen) atoms. The molecule has 5 heteroatoms. The SMILES string of the molecule is Cc1cc(OCC(=O)Nc2ccc(C(C)(C)C)cc2Br)ccc1Cl. The van der Waals surface area contributed by atoms with Crippen LogP contribution in [0.4, 0.5) is 5.69 Å². The molecule has 0 aromatic heterocycles. The van der Waals surface area contributed by atoms with Crippen molar-refractivity contribution in [1.82, 2.24) is 0 Å². The first kappa shape index (κ1) is 18.8. The molecule has 2 aromatic rings. The molecule has 0 unspecified atom stereocenters. The third-order valence-corrected chi connectivity index (χ3v) is 4.69. The summed E-state index contributed by atoms with van der Waals surface area (Å²) in [5.41, 5.74) is 2.89. The number of ether oxygens (including phenoxy) is 1. The number of carbonyl (C=O) groups is 1. The Morgan fingerprint density at radius 3 is 2.50 bits per heavy atom. The molecule has 0 fully saturated rings. The molecule has 0 spiro atoms. The molecule has 0 saturated heterocycles. The van der Waals surface area contributed by atoms with Crippen molar-refractivity contribution in [3.05, 3.63) is 57.0 Å². The van der Waals surface area contributed by atoms with E-state index in [1.54, 1.807) is 12.1 Å². The predicted molar refractivity (Wildman–Crippen MR) is 103 cm³/mol. The number of anilines is 1. The van der Waals surface area contributed by atoms with E-state index >= 15 is 0 Å². The van der Waals surface area contributed by atoms with Crippen molar-refractivity contribution in [3.8, 4) is 5.75 Å². The average molecular weight is 411 g/mol. The third-order valence-electron chi connectivity index (χ3n) is 3.61. The molecule has 0 aliphatic carbocycles. The Kier molecular flexibility index (Phi) is 5.94. The van der Waals surface area contributed by atoms with Crippen LogP contribution in [0.5, 0.6) is 5.75 Å². The lowest BCUT2D eigenvalue weighted by Gasteiger charge is -2.20. The van der Waals surface area contributed by atoms with Crippen LogP contribution in [-0.2, 0) is 10.2 Å². The van der Waals surface area contributed by atoms with Crippen LogP contribution in [0.25, 0.3) is 0 Å². The van der Waals surface area contributed by atoms with Crippen LogP contribution in [0.1, 0.15) is 31.9 Å². The summed E-state index contributed by atoms with van der Waals surface area (Å²) in [6.45, 7) is 8.27. The Morgan fingerprint density at radius 1 is 1.21 bits per heavy atom. The summed E-state index contributed by atoms with van der Waals surface area (Å²) in [6.07, 6.45) is 0. The van der Waals surface area contributed by atoms with Crippen molar-refractivity contribution in [2.75, 3.05) is 11.9 Å². The second-order valence-corrected chi connectivity index (χ2v) is 7.95. The van der Waals surface area contributed by atoms with Crippen LogP contribution in [0.15, 0.2) is 40.9 Å². The lowest BCUT2D eigenvalue weighted by molar-refractivity contribution is -0.118. The number of hydrogen-bond donors (Lipinski definition) is 1. The first-order valence-electron chi connectivity index (χ1n) is 7.65. The molecular formula is C19H21BrClNO2. The monoisotopic (exact) mass is 409 g/mol. The fourth-order valence-corrected chi connectivity index (χ4v) is 2.72. The smallest absolute Gasteiger partial charge is 0.262 e. The zero-order valence-corrected chi connectivity index (χ0v) is 16.6. The maximum absolute atomic E-state index is 12.1. The molecule has 0 atom stereocenters. The van der Waals surface area contributed by atoms with Crippen LogP contribution in [-0.4, -0.2) is 12.5 Å². The standard InChI is InChI=1S/C19H21BrClNO2/c1-12-9-14(6-7-16(12)21)24-11-18(23)22-17-8-5-13(10-15(17)20)19(2,3)4/h5-10H,11H2,1-4H3,(H,22,23). The van der Waals surface area contributed by atoms with Crippen molar-refractivity contribution in [3.63, 3.8) is 0 Å². The molecule has 128 valence electrons. The van der Waals surface area contributed by atoms with Gasteiger partial charge in [0, 0.05) is 9.50 Å². The van der Waals surface area contributed by atoms with E-state index in [4.69, 9.17) is 16.3 Å². The van der Waals surface area contributed by atoms with E-state index in [0.717, 1.165) is 15.7 Å².